The Morgan fingerprint density at radius 1 is 1.21 bits per heavy atom. The molecule has 216 valence electrons. The van der Waals surface area contributed by atoms with Crippen molar-refractivity contribution in [3.63, 3.8) is 0 Å². The number of hydrogen-bond acceptors (Lipinski definition) is 9. The number of nitrogens with two attached hydrogens (primary N) is 1. The molecule has 4 aliphatic rings. The van der Waals surface area contributed by atoms with Gasteiger partial charge in [-0.05, 0) is 55.6 Å². The molecule has 6 heterocycles. The van der Waals surface area contributed by atoms with Crippen molar-refractivity contribution in [2.45, 2.75) is 50.6 Å². The van der Waals surface area contributed by atoms with E-state index in [2.05, 4.69) is 34.3 Å². The zero-order valence-corrected chi connectivity index (χ0v) is 24.7. The van der Waals surface area contributed by atoms with Crippen molar-refractivity contribution in [2.24, 2.45) is 0 Å². The van der Waals surface area contributed by atoms with E-state index in [1.807, 2.05) is 0 Å². The summed E-state index contributed by atoms with van der Waals surface area (Å²) in [5, 5.41) is 15.8. The van der Waals surface area contributed by atoms with E-state index in [-0.39, 0.29) is 10.6 Å². The number of piperazine rings is 1. The fraction of sp³-hybridized carbons (Fsp3) is 0.419. The van der Waals surface area contributed by atoms with Crippen LogP contribution < -0.4 is 20.7 Å². The predicted octanol–water partition coefficient (Wildman–Crippen LogP) is 5.42. The van der Waals surface area contributed by atoms with Crippen LogP contribution >= 0.6 is 22.9 Å². The number of likely N-dealkylation sites (tertiary alicyclic amines) is 1. The Morgan fingerprint density at radius 2 is 2.00 bits per heavy atom. The Kier molecular flexibility index (Phi) is 6.25. The Bertz CT molecular complexity index is 1810. The van der Waals surface area contributed by atoms with Gasteiger partial charge in [0, 0.05) is 53.6 Å². The van der Waals surface area contributed by atoms with Gasteiger partial charge in [0.15, 0.2) is 0 Å². The largest absolute Gasteiger partial charge is 0.476 e. The van der Waals surface area contributed by atoms with E-state index in [0.29, 0.717) is 75.6 Å². The van der Waals surface area contributed by atoms with Crippen molar-refractivity contribution in [1.82, 2.24) is 15.2 Å². The molecular formula is C31H30ClFN6O2S. The smallest absolute Gasteiger partial charge is 0.216 e. The van der Waals surface area contributed by atoms with Gasteiger partial charge in [0.25, 0.3) is 0 Å². The van der Waals surface area contributed by atoms with E-state index < -0.39 is 5.82 Å². The number of nitrogens with zero attached hydrogens (tertiary/aromatic N) is 4. The van der Waals surface area contributed by atoms with Gasteiger partial charge in [-0.3, -0.25) is 4.90 Å². The molecule has 0 amide bonds. The van der Waals surface area contributed by atoms with Crippen LogP contribution in [0.25, 0.3) is 32.1 Å². The van der Waals surface area contributed by atoms with Gasteiger partial charge < -0.3 is 25.4 Å². The number of aromatic nitrogens is 1. The Balaban J connectivity index is 1.39. The molecule has 4 aliphatic heterocycles. The summed E-state index contributed by atoms with van der Waals surface area (Å²) in [6, 6.07) is 8.51. The highest BCUT2D eigenvalue weighted by atomic mass is 35.5. The molecule has 3 fully saturated rings. The summed E-state index contributed by atoms with van der Waals surface area (Å²) in [5.74, 6) is 0.132. The number of halogens is 2. The van der Waals surface area contributed by atoms with Crippen molar-refractivity contribution in [1.29, 1.82) is 5.26 Å². The second-order valence-electron chi connectivity index (χ2n) is 11.8. The quantitative estimate of drug-likeness (QED) is 0.312. The third kappa shape index (κ3) is 3.84. The van der Waals surface area contributed by atoms with Gasteiger partial charge in [0.05, 0.1) is 39.7 Å². The maximum Gasteiger partial charge on any atom is 0.216 e. The van der Waals surface area contributed by atoms with Crippen LogP contribution in [0.4, 0.5) is 15.1 Å². The van der Waals surface area contributed by atoms with Gasteiger partial charge in [0.1, 0.15) is 23.5 Å². The van der Waals surface area contributed by atoms with Crippen molar-refractivity contribution in [3.05, 3.63) is 45.7 Å². The Labute approximate surface area is 251 Å². The standard InChI is InChI=1S/C31H30ClFN6O2S/c1-38-7-6-17(38)12-41-24-8-23(39-15-2-3-16(39)11-36-10-15)27-21-14-40-13-20(21)25(28(32)29(27)37-24)18-4-5-22(33)30-26(18)19(9-34)31(35)42-30/h4-5,8,15-17,36H,2-3,6-7,10-14,35H2,1H3/t15?,16?,17-/m0/s1. The molecular weight excluding hydrogens is 575 g/mol. The molecule has 11 heteroatoms. The van der Waals surface area contributed by atoms with E-state index in [1.165, 1.54) is 6.07 Å². The summed E-state index contributed by atoms with van der Waals surface area (Å²) in [4.78, 5) is 9.86. The number of nitrogen functional groups attached to an aromatic ring is 1. The Hall–Kier alpha value is -3.20. The maximum atomic E-state index is 15.0. The first-order valence-electron chi connectivity index (χ1n) is 14.4. The minimum atomic E-state index is -0.414. The third-order valence-corrected chi connectivity index (χ3v) is 11.0. The number of hydrogen-bond donors (Lipinski definition) is 2. The molecule has 0 saturated carbocycles. The Morgan fingerprint density at radius 3 is 2.71 bits per heavy atom. The molecule has 3 saturated heterocycles. The van der Waals surface area contributed by atoms with Crippen LogP contribution in [-0.4, -0.2) is 61.3 Å². The lowest BCUT2D eigenvalue weighted by Crippen LogP contribution is -2.52. The lowest BCUT2D eigenvalue weighted by molar-refractivity contribution is 0.0752. The van der Waals surface area contributed by atoms with Gasteiger partial charge in [-0.2, -0.15) is 5.26 Å². The molecule has 4 aromatic rings. The third-order valence-electron chi connectivity index (χ3n) is 9.58. The fourth-order valence-electron chi connectivity index (χ4n) is 7.29. The number of ether oxygens (including phenoxy) is 2. The monoisotopic (exact) mass is 604 g/mol. The lowest BCUT2D eigenvalue weighted by Gasteiger charge is -2.39. The van der Waals surface area contributed by atoms with Crippen LogP contribution in [0.5, 0.6) is 5.88 Å². The van der Waals surface area contributed by atoms with Gasteiger partial charge in [-0.15, -0.1) is 11.3 Å². The molecule has 8 rings (SSSR count). The normalized spacial score (nSPS) is 23.4. The molecule has 0 spiro atoms. The zero-order chi connectivity index (χ0) is 28.7. The lowest BCUT2D eigenvalue weighted by atomic mass is 9.90. The van der Waals surface area contributed by atoms with Gasteiger partial charge >= 0.3 is 0 Å². The number of rotatable bonds is 5. The van der Waals surface area contributed by atoms with E-state index in [0.717, 1.165) is 72.4 Å². The van der Waals surface area contributed by atoms with Crippen LogP contribution in [0.15, 0.2) is 18.2 Å². The average molecular weight is 605 g/mol. The minimum Gasteiger partial charge on any atom is -0.476 e. The molecule has 2 bridgehead atoms. The first-order valence-corrected chi connectivity index (χ1v) is 15.6. The number of anilines is 2. The van der Waals surface area contributed by atoms with Crippen LogP contribution in [0.2, 0.25) is 5.02 Å². The first-order chi connectivity index (χ1) is 20.4. The molecule has 42 heavy (non-hydrogen) atoms. The van der Waals surface area contributed by atoms with Crippen LogP contribution in [0.1, 0.15) is 36.0 Å². The van der Waals surface area contributed by atoms with Crippen LogP contribution in [0.3, 0.4) is 0 Å². The highest BCUT2D eigenvalue weighted by Gasteiger charge is 2.39. The number of pyridine rings is 1. The minimum absolute atomic E-state index is 0.265. The highest BCUT2D eigenvalue weighted by Crippen LogP contribution is 2.51. The number of nitriles is 1. The SMILES string of the molecule is CN1CC[C@H]1COc1cc(N2C3CCC2CNC3)c2c3c(c(-c4ccc(F)c5sc(N)c(C#N)c45)c(Cl)c2n1)COC3. The van der Waals surface area contributed by atoms with Crippen molar-refractivity contribution in [3.8, 4) is 23.1 Å². The number of nitrogens with one attached hydrogen (secondary N) is 1. The highest BCUT2D eigenvalue weighted by molar-refractivity contribution is 7.23. The molecule has 0 radical (unpaired) electrons. The molecule has 2 aromatic carbocycles. The van der Waals surface area contributed by atoms with Crippen molar-refractivity contribution < 1.29 is 13.9 Å². The molecule has 0 aliphatic carbocycles. The first kappa shape index (κ1) is 26.4. The van der Waals surface area contributed by atoms with Crippen molar-refractivity contribution >= 4 is 54.6 Å². The summed E-state index contributed by atoms with van der Waals surface area (Å²) < 4.78 is 27.8. The number of likely N-dealkylation sites (N-methyl/N-ethyl adjacent to an activating group) is 1. The summed E-state index contributed by atoms with van der Waals surface area (Å²) in [6.45, 7) is 4.26. The van der Waals surface area contributed by atoms with E-state index in [4.69, 9.17) is 31.8 Å². The number of fused-ring (bicyclic) bond motifs is 6. The topological polar surface area (TPSA) is 99.7 Å². The predicted molar refractivity (Wildman–Crippen MR) is 164 cm³/mol. The maximum absolute atomic E-state index is 15.0. The van der Waals surface area contributed by atoms with Gasteiger partial charge in [-0.1, -0.05) is 17.7 Å². The van der Waals surface area contributed by atoms with Crippen LogP contribution in [0, 0.1) is 17.1 Å². The number of thiophene rings is 1. The molecule has 3 atom stereocenters. The second-order valence-corrected chi connectivity index (χ2v) is 13.2. The fourth-order valence-corrected chi connectivity index (χ4v) is 8.59. The summed E-state index contributed by atoms with van der Waals surface area (Å²) in [5.41, 5.74) is 11.5. The van der Waals surface area contributed by atoms with Gasteiger partial charge in [0.2, 0.25) is 5.88 Å². The second kappa shape index (κ2) is 9.93. The molecule has 8 nitrogen and oxygen atoms in total. The van der Waals surface area contributed by atoms with E-state index >= 15 is 0 Å². The molecule has 2 aromatic heterocycles. The average Bonchev–Trinajstić information content (AvgIpc) is 3.66. The molecule has 3 N–H and O–H groups in total. The summed E-state index contributed by atoms with van der Waals surface area (Å²) in [7, 11) is 2.11. The molecule has 2 unspecified atom stereocenters. The summed E-state index contributed by atoms with van der Waals surface area (Å²) >= 11 is 8.46. The van der Waals surface area contributed by atoms with Gasteiger partial charge in [-0.25, -0.2) is 9.37 Å². The van der Waals surface area contributed by atoms with Crippen LogP contribution in [-0.2, 0) is 18.0 Å². The summed E-state index contributed by atoms with van der Waals surface area (Å²) in [6.07, 6.45) is 3.35. The van der Waals surface area contributed by atoms with Crippen molar-refractivity contribution in [2.75, 3.05) is 43.9 Å². The zero-order valence-electron chi connectivity index (χ0n) is 23.2. The van der Waals surface area contributed by atoms with E-state index in [9.17, 15) is 9.65 Å². The van der Waals surface area contributed by atoms with E-state index in [1.54, 1.807) is 6.07 Å². The number of benzene rings is 2.